The van der Waals surface area contributed by atoms with Gasteiger partial charge in [-0.1, -0.05) is 12.1 Å². The smallest absolute Gasteiger partial charge is 0.259 e. The highest BCUT2D eigenvalue weighted by molar-refractivity contribution is 6.25. The number of phenols is 1. The lowest BCUT2D eigenvalue weighted by Crippen LogP contribution is -2.67. The maximum absolute atomic E-state index is 14.0. The maximum atomic E-state index is 14.0. The minimum atomic E-state index is -2.77. The van der Waals surface area contributed by atoms with Crippen LogP contribution in [0, 0.1) is 11.8 Å². The molecule has 1 fully saturated rings. The lowest BCUT2D eigenvalue weighted by Gasteiger charge is -2.53. The number of carbonyl (C=O) groups excluding carboxylic acids is 3. The van der Waals surface area contributed by atoms with Crippen LogP contribution in [0.3, 0.4) is 0 Å². The Labute approximate surface area is 218 Å². The molecule has 12 heteroatoms. The SMILES string of the molecule is CN(C)[C@@H]1C(=O)C(C(=O)NCNCCCO)=C(O)[C@@]2(O)C(=O)C3=C(O)c4c(O)cccc4[C@](C)(O)[C@H]3C[C@@H]12. The second-order valence-electron chi connectivity index (χ2n) is 10.4. The van der Waals surface area contributed by atoms with Gasteiger partial charge in [0.15, 0.2) is 11.4 Å². The molecular weight excluding hydrogens is 498 g/mol. The molecule has 1 amide bonds. The molecule has 5 atom stereocenters. The number of likely N-dealkylation sites (N-methyl/N-ethyl adjacent to an activating group) is 1. The van der Waals surface area contributed by atoms with Crippen LogP contribution < -0.4 is 10.6 Å². The number of nitrogens with one attached hydrogen (secondary N) is 2. The van der Waals surface area contributed by atoms with Gasteiger partial charge in [0.25, 0.3) is 5.91 Å². The van der Waals surface area contributed by atoms with Crippen LogP contribution in [0.25, 0.3) is 5.76 Å². The Morgan fingerprint density at radius 2 is 1.84 bits per heavy atom. The minimum absolute atomic E-state index is 0.0642. The van der Waals surface area contributed by atoms with Gasteiger partial charge in [-0.15, -0.1) is 0 Å². The zero-order valence-corrected chi connectivity index (χ0v) is 21.4. The van der Waals surface area contributed by atoms with Gasteiger partial charge in [-0.2, -0.15) is 0 Å². The number of hydrogen-bond donors (Lipinski definition) is 8. The van der Waals surface area contributed by atoms with Crippen molar-refractivity contribution in [1.29, 1.82) is 0 Å². The number of benzene rings is 1. The van der Waals surface area contributed by atoms with E-state index in [1.54, 1.807) is 0 Å². The molecule has 0 heterocycles. The third kappa shape index (κ3) is 3.91. The number of ketones is 2. The number of aliphatic hydroxyl groups excluding tert-OH is 3. The Bertz CT molecular complexity index is 1250. The van der Waals surface area contributed by atoms with E-state index in [1.165, 1.54) is 44.1 Å². The molecule has 12 nitrogen and oxygen atoms in total. The molecule has 3 aliphatic carbocycles. The topological polar surface area (TPSA) is 200 Å². The zero-order valence-electron chi connectivity index (χ0n) is 21.4. The molecule has 4 rings (SSSR count). The van der Waals surface area contributed by atoms with E-state index in [4.69, 9.17) is 5.11 Å². The molecule has 206 valence electrons. The van der Waals surface area contributed by atoms with E-state index in [0.717, 1.165) is 0 Å². The molecule has 0 unspecified atom stereocenters. The number of Topliss-reactive ketones (excluding diaryl/α,β-unsaturated/α-hetero) is 2. The van der Waals surface area contributed by atoms with Crippen molar-refractivity contribution in [3.05, 3.63) is 46.2 Å². The summed E-state index contributed by atoms with van der Waals surface area (Å²) < 4.78 is 0. The summed E-state index contributed by atoms with van der Waals surface area (Å²) >= 11 is 0. The first-order valence-corrected chi connectivity index (χ1v) is 12.3. The number of amides is 1. The van der Waals surface area contributed by atoms with E-state index in [1.807, 2.05) is 0 Å². The fourth-order valence-corrected chi connectivity index (χ4v) is 6.01. The fourth-order valence-electron chi connectivity index (χ4n) is 6.01. The highest BCUT2D eigenvalue weighted by atomic mass is 16.3. The Hall–Kier alpha value is -3.29. The van der Waals surface area contributed by atoms with Crippen molar-refractivity contribution in [3.8, 4) is 5.75 Å². The van der Waals surface area contributed by atoms with Gasteiger partial charge < -0.3 is 36.0 Å². The third-order valence-electron chi connectivity index (χ3n) is 7.89. The van der Waals surface area contributed by atoms with Gasteiger partial charge in [0.2, 0.25) is 5.78 Å². The predicted octanol–water partition coefficient (Wildman–Crippen LogP) is -0.811. The standard InChI is InChI=1S/C26H33N3O9/c1-25(37)12-6-4-7-15(31)16(12)20(32)17-13(25)10-14-19(29(2)3)21(33)18(23(35)26(14,38)22(17)34)24(36)28-11-27-8-5-9-30/h4,6-7,13-14,19,27,30-32,35,37-38H,5,8-11H2,1-3H3,(H,28,36)/t13-,14-,19-,25-,26-/m0/s1. The Morgan fingerprint density at radius 1 is 1.16 bits per heavy atom. The van der Waals surface area contributed by atoms with Crippen molar-refractivity contribution in [2.45, 2.75) is 37.0 Å². The average Bonchev–Trinajstić information content (AvgIpc) is 2.84. The maximum Gasteiger partial charge on any atom is 0.259 e. The predicted molar refractivity (Wildman–Crippen MR) is 134 cm³/mol. The molecule has 0 aromatic heterocycles. The van der Waals surface area contributed by atoms with Crippen molar-refractivity contribution in [1.82, 2.24) is 15.5 Å². The number of rotatable bonds is 7. The van der Waals surface area contributed by atoms with Gasteiger partial charge in [-0.25, -0.2) is 0 Å². The van der Waals surface area contributed by atoms with E-state index in [-0.39, 0.29) is 30.8 Å². The van der Waals surface area contributed by atoms with Crippen molar-refractivity contribution in [3.63, 3.8) is 0 Å². The molecule has 0 saturated heterocycles. The van der Waals surface area contributed by atoms with E-state index >= 15 is 0 Å². The van der Waals surface area contributed by atoms with Crippen molar-refractivity contribution < 1.29 is 45.0 Å². The number of fused-ring (bicyclic) bond motifs is 3. The van der Waals surface area contributed by atoms with Crippen LogP contribution in [-0.4, -0.2) is 98.6 Å². The highest BCUT2D eigenvalue weighted by Gasteiger charge is 2.66. The number of phenolic OH excluding ortho intramolecular Hbond substituents is 1. The Kier molecular flexibility index (Phi) is 7.14. The van der Waals surface area contributed by atoms with E-state index in [0.29, 0.717) is 13.0 Å². The molecule has 0 bridgehead atoms. The second-order valence-corrected chi connectivity index (χ2v) is 10.4. The van der Waals surface area contributed by atoms with Crippen LogP contribution >= 0.6 is 0 Å². The van der Waals surface area contributed by atoms with Gasteiger partial charge in [0.1, 0.15) is 22.8 Å². The van der Waals surface area contributed by atoms with Crippen LogP contribution in [0.2, 0.25) is 0 Å². The summed E-state index contributed by atoms with van der Waals surface area (Å²) in [5.41, 5.74) is -5.76. The molecule has 0 aliphatic heterocycles. The highest BCUT2D eigenvalue weighted by Crippen LogP contribution is 2.57. The molecule has 1 aromatic carbocycles. The van der Waals surface area contributed by atoms with E-state index in [9.17, 15) is 39.9 Å². The fraction of sp³-hybridized carbons (Fsp3) is 0.500. The van der Waals surface area contributed by atoms with Gasteiger partial charge >= 0.3 is 0 Å². The number of aromatic hydroxyl groups is 1. The molecule has 8 N–H and O–H groups in total. The minimum Gasteiger partial charge on any atom is -0.508 e. The summed E-state index contributed by atoms with van der Waals surface area (Å²) in [6.45, 7) is 1.60. The number of carbonyl (C=O) groups is 3. The molecule has 0 spiro atoms. The normalized spacial score (nSPS) is 30.8. The average molecular weight is 532 g/mol. The summed E-state index contributed by atoms with van der Waals surface area (Å²) in [5.74, 6) is -7.56. The van der Waals surface area contributed by atoms with Gasteiger partial charge in [0, 0.05) is 24.0 Å². The van der Waals surface area contributed by atoms with Crippen molar-refractivity contribution in [2.75, 3.05) is 33.9 Å². The lowest BCUT2D eigenvalue weighted by atomic mass is 9.54. The molecular formula is C26H33N3O9. The van der Waals surface area contributed by atoms with Gasteiger partial charge in [-0.3, -0.25) is 24.6 Å². The quantitative estimate of drug-likeness (QED) is 0.124. The van der Waals surface area contributed by atoms with Crippen molar-refractivity contribution >= 4 is 23.2 Å². The third-order valence-corrected chi connectivity index (χ3v) is 7.89. The Balaban J connectivity index is 1.86. The first kappa shape index (κ1) is 27.7. The molecule has 0 radical (unpaired) electrons. The second kappa shape index (κ2) is 9.79. The van der Waals surface area contributed by atoms with Crippen LogP contribution in [-0.2, 0) is 20.0 Å². The Morgan fingerprint density at radius 3 is 2.47 bits per heavy atom. The molecule has 1 aromatic rings. The van der Waals surface area contributed by atoms with Crippen LogP contribution in [0.1, 0.15) is 30.9 Å². The largest absolute Gasteiger partial charge is 0.508 e. The van der Waals surface area contributed by atoms with E-state index < -0.39 is 75.0 Å². The summed E-state index contributed by atoms with van der Waals surface area (Å²) in [7, 11) is 3.05. The monoisotopic (exact) mass is 531 g/mol. The molecule has 3 aliphatic rings. The number of aliphatic hydroxyl groups is 5. The van der Waals surface area contributed by atoms with Crippen LogP contribution in [0.4, 0.5) is 0 Å². The first-order chi connectivity index (χ1) is 17.8. The van der Waals surface area contributed by atoms with Gasteiger partial charge in [-0.05, 0) is 52.0 Å². The van der Waals surface area contributed by atoms with E-state index in [2.05, 4.69) is 10.6 Å². The zero-order chi connectivity index (χ0) is 28.2. The summed E-state index contributed by atoms with van der Waals surface area (Å²) in [6, 6.07) is 3.02. The lowest BCUT2D eigenvalue weighted by molar-refractivity contribution is -0.159. The molecule has 38 heavy (non-hydrogen) atoms. The number of hydrogen-bond acceptors (Lipinski definition) is 11. The molecule has 1 saturated carbocycles. The van der Waals surface area contributed by atoms with Gasteiger partial charge in [0.05, 0.1) is 23.9 Å². The van der Waals surface area contributed by atoms with Crippen LogP contribution in [0.5, 0.6) is 5.75 Å². The van der Waals surface area contributed by atoms with Crippen LogP contribution in [0.15, 0.2) is 35.1 Å². The first-order valence-electron chi connectivity index (χ1n) is 12.3. The summed E-state index contributed by atoms with van der Waals surface area (Å²) in [5, 5.41) is 70.2. The summed E-state index contributed by atoms with van der Waals surface area (Å²) in [6.07, 6.45) is 0.212. The summed E-state index contributed by atoms with van der Waals surface area (Å²) in [4.78, 5) is 41.9. The van der Waals surface area contributed by atoms with Crippen molar-refractivity contribution in [2.24, 2.45) is 11.8 Å². The number of nitrogens with zero attached hydrogens (tertiary/aromatic N) is 1.